The molecule has 1 unspecified atom stereocenters. The number of Topliss-reactive ketones (excluding diaryl/α,β-unsaturated/α-hetero) is 1. The fourth-order valence-corrected chi connectivity index (χ4v) is 4.98. The zero-order valence-electron chi connectivity index (χ0n) is 18.4. The molecule has 4 rings (SSSR count). The maximum atomic E-state index is 13.4. The van der Waals surface area contributed by atoms with Gasteiger partial charge in [-0.15, -0.1) is 0 Å². The number of imide groups is 1. The van der Waals surface area contributed by atoms with Crippen LogP contribution in [0.1, 0.15) is 52.1 Å². The van der Waals surface area contributed by atoms with Crippen LogP contribution in [0, 0.1) is 13.8 Å². The second-order valence-corrected chi connectivity index (χ2v) is 8.44. The number of hydrogen-bond donors (Lipinski definition) is 1. The van der Waals surface area contributed by atoms with Gasteiger partial charge in [0.1, 0.15) is 5.54 Å². The van der Waals surface area contributed by atoms with E-state index in [1.54, 1.807) is 7.11 Å². The lowest BCUT2D eigenvalue weighted by molar-refractivity contribution is -0.131. The number of carbonyl (C=O) groups is 3. The number of carbonyl (C=O) groups excluding carboxylic acids is 3. The third kappa shape index (κ3) is 3.57. The van der Waals surface area contributed by atoms with Crippen LogP contribution in [0.5, 0.6) is 0 Å². The number of aryl methyl sites for hydroxylation is 2. The molecule has 2 aromatic rings. The summed E-state index contributed by atoms with van der Waals surface area (Å²) in [7, 11) is 1.67. The van der Waals surface area contributed by atoms with Crippen LogP contribution in [0.3, 0.4) is 0 Å². The number of benzene rings is 1. The molecular formula is C24H29N3O4. The van der Waals surface area contributed by atoms with Crippen molar-refractivity contribution in [3.8, 4) is 0 Å². The van der Waals surface area contributed by atoms with E-state index in [1.165, 1.54) is 0 Å². The number of urea groups is 1. The summed E-state index contributed by atoms with van der Waals surface area (Å²) in [5.74, 6) is -0.553. The number of ether oxygens (including phenoxy) is 1. The average molecular weight is 424 g/mol. The molecule has 0 saturated carbocycles. The van der Waals surface area contributed by atoms with Crippen LogP contribution < -0.4 is 5.32 Å². The smallest absolute Gasteiger partial charge is 0.325 e. The highest BCUT2D eigenvalue weighted by molar-refractivity contribution is 6.11. The van der Waals surface area contributed by atoms with Crippen molar-refractivity contribution < 1.29 is 19.1 Å². The molecule has 1 saturated heterocycles. The summed E-state index contributed by atoms with van der Waals surface area (Å²) in [5, 5.41) is 2.91. The van der Waals surface area contributed by atoms with Crippen LogP contribution in [0.25, 0.3) is 0 Å². The van der Waals surface area contributed by atoms with Gasteiger partial charge in [0.25, 0.3) is 5.91 Å². The molecule has 7 nitrogen and oxygen atoms in total. The predicted octanol–water partition coefficient (Wildman–Crippen LogP) is 3.11. The molecule has 1 aromatic heterocycles. The molecular weight excluding hydrogens is 394 g/mol. The lowest BCUT2D eigenvalue weighted by Gasteiger charge is -2.33. The van der Waals surface area contributed by atoms with Gasteiger partial charge in [0.2, 0.25) is 0 Å². The molecule has 1 N–H and O–H groups in total. The molecule has 1 spiro atoms. The third-order valence-electron chi connectivity index (χ3n) is 6.56. The lowest BCUT2D eigenvalue weighted by atomic mass is 9.76. The van der Waals surface area contributed by atoms with Crippen molar-refractivity contribution in [3.05, 3.63) is 58.4 Å². The maximum absolute atomic E-state index is 13.4. The van der Waals surface area contributed by atoms with Crippen molar-refractivity contribution in [3.63, 3.8) is 0 Å². The summed E-state index contributed by atoms with van der Waals surface area (Å²) in [6.07, 6.45) is 3.09. The van der Waals surface area contributed by atoms with E-state index in [4.69, 9.17) is 4.74 Å². The van der Waals surface area contributed by atoms with Crippen molar-refractivity contribution in [2.45, 2.75) is 51.6 Å². The Balaban J connectivity index is 1.56. The van der Waals surface area contributed by atoms with Gasteiger partial charge >= 0.3 is 6.03 Å². The first-order chi connectivity index (χ1) is 14.9. The molecule has 164 valence electrons. The highest BCUT2D eigenvalue weighted by Crippen LogP contribution is 2.39. The molecule has 1 aliphatic carbocycles. The Labute approximate surface area is 182 Å². The van der Waals surface area contributed by atoms with Gasteiger partial charge in [0.15, 0.2) is 5.78 Å². The van der Waals surface area contributed by atoms with Gasteiger partial charge in [0.05, 0.1) is 6.54 Å². The fraction of sp³-hybridized carbons (Fsp3) is 0.458. The predicted molar refractivity (Wildman–Crippen MR) is 116 cm³/mol. The van der Waals surface area contributed by atoms with Gasteiger partial charge in [-0.25, -0.2) is 4.79 Å². The Morgan fingerprint density at radius 2 is 2.00 bits per heavy atom. The van der Waals surface area contributed by atoms with Crippen LogP contribution >= 0.6 is 0 Å². The largest absolute Gasteiger partial charge is 0.385 e. The molecule has 1 aliphatic heterocycles. The number of fused-ring (bicyclic) bond motifs is 2. The second-order valence-electron chi connectivity index (χ2n) is 8.44. The fourth-order valence-electron chi connectivity index (χ4n) is 4.98. The molecule has 2 heterocycles. The van der Waals surface area contributed by atoms with Gasteiger partial charge in [-0.05, 0) is 56.7 Å². The minimum Gasteiger partial charge on any atom is -0.385 e. The number of nitrogens with one attached hydrogen (secondary N) is 1. The number of nitrogens with zero attached hydrogens (tertiary/aromatic N) is 2. The Morgan fingerprint density at radius 3 is 2.77 bits per heavy atom. The van der Waals surface area contributed by atoms with Gasteiger partial charge in [-0.3, -0.25) is 14.5 Å². The molecule has 0 bridgehead atoms. The maximum Gasteiger partial charge on any atom is 0.325 e. The van der Waals surface area contributed by atoms with Crippen LogP contribution in [-0.2, 0) is 28.0 Å². The molecule has 31 heavy (non-hydrogen) atoms. The van der Waals surface area contributed by atoms with E-state index in [-0.39, 0.29) is 18.2 Å². The highest BCUT2D eigenvalue weighted by atomic mass is 16.5. The molecule has 2 aliphatic rings. The van der Waals surface area contributed by atoms with E-state index in [9.17, 15) is 14.4 Å². The quantitative estimate of drug-likeness (QED) is 0.422. The van der Waals surface area contributed by atoms with E-state index in [0.717, 1.165) is 53.2 Å². The van der Waals surface area contributed by atoms with Crippen molar-refractivity contribution >= 4 is 17.7 Å². The topological polar surface area (TPSA) is 80.6 Å². The van der Waals surface area contributed by atoms with Crippen molar-refractivity contribution in [2.75, 3.05) is 20.3 Å². The molecule has 3 amide bonds. The number of rotatable bonds is 7. The van der Waals surface area contributed by atoms with Crippen LogP contribution in [-0.4, -0.2) is 47.4 Å². The normalized spacial score (nSPS) is 20.3. The first-order valence-electron chi connectivity index (χ1n) is 10.8. The molecule has 7 heteroatoms. The van der Waals surface area contributed by atoms with Gasteiger partial charge < -0.3 is 14.6 Å². The number of hydrogen-bond acceptors (Lipinski definition) is 4. The summed E-state index contributed by atoms with van der Waals surface area (Å²) in [4.78, 5) is 40.4. The van der Waals surface area contributed by atoms with E-state index < -0.39 is 11.6 Å². The van der Waals surface area contributed by atoms with E-state index >= 15 is 0 Å². The van der Waals surface area contributed by atoms with Crippen LogP contribution in [0.4, 0.5) is 4.79 Å². The molecule has 1 aromatic carbocycles. The second kappa shape index (κ2) is 8.30. The SMILES string of the molecule is COCCCn1c(C)cc(C(=O)CN2C(=O)NC3(CCCc4ccccc43)C2=O)c1C. The summed E-state index contributed by atoms with van der Waals surface area (Å²) in [6, 6.07) is 9.09. The first kappa shape index (κ1) is 21.3. The summed E-state index contributed by atoms with van der Waals surface area (Å²) in [6.45, 7) is 5.00. The van der Waals surface area contributed by atoms with Crippen LogP contribution in [0.15, 0.2) is 30.3 Å². The molecule has 1 fully saturated rings. The number of amides is 3. The number of aromatic nitrogens is 1. The minimum absolute atomic E-state index is 0.226. The molecule has 0 radical (unpaired) electrons. The Morgan fingerprint density at radius 1 is 1.23 bits per heavy atom. The Bertz CT molecular complexity index is 1040. The Hall–Kier alpha value is -2.93. The number of methoxy groups -OCH3 is 1. The third-order valence-corrected chi connectivity index (χ3v) is 6.56. The zero-order chi connectivity index (χ0) is 22.2. The summed E-state index contributed by atoms with van der Waals surface area (Å²) < 4.78 is 7.20. The zero-order valence-corrected chi connectivity index (χ0v) is 18.4. The molecule has 1 atom stereocenters. The van der Waals surface area contributed by atoms with Crippen LogP contribution in [0.2, 0.25) is 0 Å². The monoisotopic (exact) mass is 423 g/mol. The Kier molecular flexibility index (Phi) is 5.71. The highest BCUT2D eigenvalue weighted by Gasteiger charge is 2.54. The standard InChI is InChI=1S/C24H29N3O4/c1-16-14-19(17(2)26(16)12-7-13-31-3)21(28)15-27-22(29)24(25-23(27)30)11-6-9-18-8-4-5-10-20(18)24/h4-5,8,10,14H,6-7,9,11-13,15H2,1-3H3,(H,25,30). The van der Waals surface area contributed by atoms with E-state index in [2.05, 4.69) is 9.88 Å². The first-order valence-corrected chi connectivity index (χ1v) is 10.8. The average Bonchev–Trinajstić information content (AvgIpc) is 3.17. The minimum atomic E-state index is -1.05. The van der Waals surface area contributed by atoms with Gasteiger partial charge in [-0.1, -0.05) is 24.3 Å². The summed E-state index contributed by atoms with van der Waals surface area (Å²) in [5.41, 5.74) is 3.26. The van der Waals surface area contributed by atoms with Crippen molar-refractivity contribution in [2.24, 2.45) is 0 Å². The van der Waals surface area contributed by atoms with Gasteiger partial charge in [0, 0.05) is 37.2 Å². The van der Waals surface area contributed by atoms with Crippen molar-refractivity contribution in [1.29, 1.82) is 0 Å². The van der Waals surface area contributed by atoms with E-state index in [0.29, 0.717) is 18.6 Å². The van der Waals surface area contributed by atoms with Gasteiger partial charge in [-0.2, -0.15) is 0 Å². The number of ketones is 1. The van der Waals surface area contributed by atoms with Crippen molar-refractivity contribution in [1.82, 2.24) is 14.8 Å². The lowest BCUT2D eigenvalue weighted by Crippen LogP contribution is -2.46. The van der Waals surface area contributed by atoms with E-state index in [1.807, 2.05) is 44.2 Å². The summed E-state index contributed by atoms with van der Waals surface area (Å²) >= 11 is 0.